The molecule has 176 valence electrons. The Bertz CT molecular complexity index is 1630. The second kappa shape index (κ2) is 8.32. The predicted octanol–water partition coefficient (Wildman–Crippen LogP) is 2.71. The lowest BCUT2D eigenvalue weighted by Crippen LogP contribution is -2.00. The van der Waals surface area contributed by atoms with Gasteiger partial charge in [0.15, 0.2) is 5.75 Å². The zero-order valence-electron chi connectivity index (χ0n) is 16.3. The maximum absolute atomic E-state index is 11.7. The van der Waals surface area contributed by atoms with Gasteiger partial charge in [0, 0.05) is 5.39 Å². The number of benzene rings is 3. The molecule has 0 aromatic heterocycles. The minimum Gasteiger partial charge on any atom is -0.504 e. The highest BCUT2D eigenvalue weighted by Gasteiger charge is 2.23. The van der Waals surface area contributed by atoms with E-state index in [-0.39, 0.29) is 22.2 Å². The van der Waals surface area contributed by atoms with Gasteiger partial charge in [0.05, 0.1) is 16.9 Å². The molecule has 0 bridgehead atoms. The van der Waals surface area contributed by atoms with Crippen LogP contribution < -0.4 is 4.74 Å². The van der Waals surface area contributed by atoms with Crippen molar-refractivity contribution in [3.05, 3.63) is 42.5 Å². The van der Waals surface area contributed by atoms with Gasteiger partial charge >= 0.3 is 0 Å². The summed E-state index contributed by atoms with van der Waals surface area (Å²) in [5, 5.41) is 17.7. The summed E-state index contributed by atoms with van der Waals surface area (Å²) in [6.07, 6.45) is 0. The lowest BCUT2D eigenvalue weighted by Gasteiger charge is -2.10. The zero-order valence-corrected chi connectivity index (χ0v) is 18.8. The molecular formula is C17H14N2O11S3. The molecule has 0 heterocycles. The molecule has 13 nitrogen and oxygen atoms in total. The maximum atomic E-state index is 11.7. The largest absolute Gasteiger partial charge is 0.504 e. The molecule has 0 amide bonds. The van der Waals surface area contributed by atoms with E-state index < -0.39 is 56.5 Å². The standard InChI is InChI=1S/C17H14N2O11S3/c1-30-14-5-3-11(32(24,25)26)8-13(14)18-19-16-12-4-2-10(31(21,22)23)6-9(12)7-15(17(16)20)33(27,28)29/h2-8,20H,1H3,(H,21,22,23)(H,24,25,26)(H,27,28,29). The fraction of sp³-hybridized carbons (Fsp3) is 0.0588. The van der Waals surface area contributed by atoms with E-state index in [9.17, 15) is 44.0 Å². The molecule has 4 N–H and O–H groups in total. The van der Waals surface area contributed by atoms with Crippen molar-refractivity contribution in [2.75, 3.05) is 7.11 Å². The van der Waals surface area contributed by atoms with E-state index in [1.54, 1.807) is 0 Å². The minimum absolute atomic E-state index is 0.00506. The van der Waals surface area contributed by atoms with E-state index in [1.807, 2.05) is 0 Å². The van der Waals surface area contributed by atoms with Crippen LogP contribution in [0.3, 0.4) is 0 Å². The number of hydrogen-bond acceptors (Lipinski definition) is 10. The molecule has 33 heavy (non-hydrogen) atoms. The molecule has 16 heteroatoms. The number of phenols is 1. The van der Waals surface area contributed by atoms with Crippen molar-refractivity contribution in [1.29, 1.82) is 0 Å². The average Bonchev–Trinajstić information content (AvgIpc) is 2.70. The van der Waals surface area contributed by atoms with Crippen molar-refractivity contribution in [2.45, 2.75) is 14.7 Å². The number of phenolic OH excluding ortho intramolecular Hbond substituents is 1. The SMILES string of the molecule is COc1ccc(S(=O)(=O)O)cc1N=Nc1c(O)c(S(=O)(=O)O)cc2cc(S(=O)(=O)O)ccc12. The molecule has 3 rings (SSSR count). The van der Waals surface area contributed by atoms with Crippen molar-refractivity contribution >= 4 is 52.5 Å². The van der Waals surface area contributed by atoms with Crippen LogP contribution in [0.2, 0.25) is 0 Å². The first-order valence-corrected chi connectivity index (χ1v) is 12.8. The molecule has 3 aromatic rings. The molecule has 0 spiro atoms. The van der Waals surface area contributed by atoms with E-state index in [0.29, 0.717) is 0 Å². The van der Waals surface area contributed by atoms with Crippen LogP contribution in [0.1, 0.15) is 0 Å². The second-order valence-electron chi connectivity index (χ2n) is 6.41. The Hall–Kier alpha value is -3.15. The summed E-state index contributed by atoms with van der Waals surface area (Å²) in [5.41, 5.74) is -0.784. The van der Waals surface area contributed by atoms with Crippen LogP contribution in [0.25, 0.3) is 10.8 Å². The summed E-state index contributed by atoms with van der Waals surface area (Å²) in [7, 11) is -13.1. The minimum atomic E-state index is -5.02. The van der Waals surface area contributed by atoms with Gasteiger partial charge in [0.1, 0.15) is 22.0 Å². The monoisotopic (exact) mass is 518 g/mol. The van der Waals surface area contributed by atoms with E-state index in [2.05, 4.69) is 10.2 Å². The second-order valence-corrected chi connectivity index (χ2v) is 10.6. The Morgan fingerprint density at radius 1 is 0.758 bits per heavy atom. The number of azo groups is 1. The lowest BCUT2D eigenvalue weighted by molar-refractivity contribution is 0.415. The normalized spacial score (nSPS) is 13.0. The van der Waals surface area contributed by atoms with Gasteiger partial charge in [-0.15, -0.1) is 10.2 Å². The van der Waals surface area contributed by atoms with E-state index in [4.69, 9.17) is 4.74 Å². The van der Waals surface area contributed by atoms with E-state index in [0.717, 1.165) is 42.5 Å². The third kappa shape index (κ3) is 5.10. The average molecular weight is 519 g/mol. The van der Waals surface area contributed by atoms with Crippen molar-refractivity contribution < 1.29 is 48.8 Å². The van der Waals surface area contributed by atoms with Gasteiger partial charge in [-0.1, -0.05) is 6.07 Å². The van der Waals surface area contributed by atoms with Crippen molar-refractivity contribution in [2.24, 2.45) is 10.2 Å². The molecule has 0 saturated carbocycles. The number of rotatable bonds is 6. The van der Waals surface area contributed by atoms with Crippen LogP contribution in [0.4, 0.5) is 11.4 Å². The van der Waals surface area contributed by atoms with Gasteiger partial charge < -0.3 is 9.84 Å². The Morgan fingerprint density at radius 3 is 1.88 bits per heavy atom. The third-order valence-electron chi connectivity index (χ3n) is 4.30. The Kier molecular flexibility index (Phi) is 6.18. The Labute approximate surface area is 187 Å². The topological polar surface area (TPSA) is 217 Å². The summed E-state index contributed by atoms with van der Waals surface area (Å²) >= 11 is 0. The molecule has 0 aliphatic rings. The molecule has 0 unspecified atom stereocenters. The highest BCUT2D eigenvalue weighted by molar-refractivity contribution is 7.86. The van der Waals surface area contributed by atoms with Crippen LogP contribution in [0.5, 0.6) is 11.5 Å². The van der Waals surface area contributed by atoms with Gasteiger partial charge in [-0.2, -0.15) is 25.3 Å². The molecular weight excluding hydrogens is 504 g/mol. The molecule has 0 aliphatic carbocycles. The Morgan fingerprint density at radius 2 is 1.33 bits per heavy atom. The van der Waals surface area contributed by atoms with Crippen LogP contribution in [-0.2, 0) is 30.4 Å². The molecule has 0 atom stereocenters. The fourth-order valence-electron chi connectivity index (χ4n) is 2.80. The molecule has 0 radical (unpaired) electrons. The van der Waals surface area contributed by atoms with Crippen molar-refractivity contribution in [3.8, 4) is 11.5 Å². The van der Waals surface area contributed by atoms with Crippen LogP contribution in [0, 0.1) is 0 Å². The first kappa shape index (κ1) is 24.5. The van der Waals surface area contributed by atoms with E-state index in [1.165, 1.54) is 7.11 Å². The number of nitrogens with zero attached hydrogens (tertiary/aromatic N) is 2. The van der Waals surface area contributed by atoms with Gasteiger partial charge in [0.2, 0.25) is 0 Å². The van der Waals surface area contributed by atoms with Crippen LogP contribution in [-0.4, -0.2) is 51.1 Å². The van der Waals surface area contributed by atoms with Gasteiger partial charge in [0.25, 0.3) is 30.4 Å². The fourth-order valence-corrected chi connectivity index (χ4v) is 4.43. The number of ether oxygens (including phenoxy) is 1. The molecule has 3 aromatic carbocycles. The summed E-state index contributed by atoms with van der Waals surface area (Å²) in [6, 6.07) is 6.73. The first-order chi connectivity index (χ1) is 15.1. The highest BCUT2D eigenvalue weighted by atomic mass is 32.2. The zero-order chi connectivity index (χ0) is 24.8. The Balaban J connectivity index is 2.33. The quantitative estimate of drug-likeness (QED) is 0.274. The molecule has 0 aliphatic heterocycles. The summed E-state index contributed by atoms with van der Waals surface area (Å²) in [6.45, 7) is 0. The number of hydrogen-bond donors (Lipinski definition) is 4. The highest BCUT2D eigenvalue weighted by Crippen LogP contribution is 2.42. The van der Waals surface area contributed by atoms with Crippen LogP contribution in [0.15, 0.2) is 67.4 Å². The number of aromatic hydroxyl groups is 1. The van der Waals surface area contributed by atoms with Crippen molar-refractivity contribution in [1.82, 2.24) is 0 Å². The van der Waals surface area contributed by atoms with Crippen LogP contribution >= 0.6 is 0 Å². The summed E-state index contributed by atoms with van der Waals surface area (Å²) in [4.78, 5) is -2.20. The van der Waals surface area contributed by atoms with Gasteiger partial charge in [-0.25, -0.2) is 0 Å². The van der Waals surface area contributed by atoms with E-state index >= 15 is 0 Å². The number of methoxy groups -OCH3 is 1. The first-order valence-electron chi connectivity index (χ1n) is 8.45. The maximum Gasteiger partial charge on any atom is 0.298 e. The molecule has 0 saturated heterocycles. The third-order valence-corrected chi connectivity index (χ3v) is 6.87. The summed E-state index contributed by atoms with van der Waals surface area (Å²) in [5.74, 6) is -1.05. The lowest BCUT2D eigenvalue weighted by atomic mass is 10.1. The molecule has 0 fully saturated rings. The predicted molar refractivity (Wildman–Crippen MR) is 112 cm³/mol. The summed E-state index contributed by atoms with van der Waals surface area (Å²) < 4.78 is 102. The van der Waals surface area contributed by atoms with Crippen molar-refractivity contribution in [3.63, 3.8) is 0 Å². The number of fused-ring (bicyclic) bond motifs is 1. The van der Waals surface area contributed by atoms with Gasteiger partial charge in [-0.3, -0.25) is 13.7 Å². The smallest absolute Gasteiger partial charge is 0.298 e. The van der Waals surface area contributed by atoms with Gasteiger partial charge in [-0.05, 0) is 41.8 Å².